The first-order valence-corrected chi connectivity index (χ1v) is 7.72. The average Bonchev–Trinajstić information content (AvgIpc) is 3.07. The molecule has 2 aliphatic rings. The summed E-state index contributed by atoms with van der Waals surface area (Å²) in [6, 6.07) is -0.269. The molecule has 1 fully saturated rings. The highest BCUT2D eigenvalue weighted by atomic mass is 16.4. The third-order valence-corrected chi connectivity index (χ3v) is 3.59. The van der Waals surface area contributed by atoms with E-state index in [4.69, 9.17) is 5.11 Å². The molecule has 5 nitrogen and oxygen atoms in total. The van der Waals surface area contributed by atoms with Gasteiger partial charge in [-0.3, -0.25) is 4.79 Å². The molecule has 1 saturated heterocycles. The van der Waals surface area contributed by atoms with Gasteiger partial charge in [-0.05, 0) is 25.8 Å². The highest BCUT2D eigenvalue weighted by Gasteiger charge is 2.20. The van der Waals surface area contributed by atoms with Crippen molar-refractivity contribution in [2.24, 2.45) is 0 Å². The smallest absolute Gasteiger partial charge is 0.320 e. The first kappa shape index (κ1) is 16.8. The van der Waals surface area contributed by atoms with Crippen LogP contribution in [0.15, 0.2) is 12.4 Å². The van der Waals surface area contributed by atoms with Crippen LogP contribution >= 0.6 is 0 Å². The summed E-state index contributed by atoms with van der Waals surface area (Å²) in [5.74, 6) is -0.720. The van der Waals surface area contributed by atoms with Crippen molar-refractivity contribution in [3.8, 4) is 0 Å². The summed E-state index contributed by atoms with van der Waals surface area (Å²) >= 11 is 0. The van der Waals surface area contributed by atoms with Gasteiger partial charge in [0.2, 0.25) is 0 Å². The predicted octanol–water partition coefficient (Wildman–Crippen LogP) is 2.07. The lowest BCUT2D eigenvalue weighted by molar-refractivity contribution is -0.139. The molecular formula is C15H29N3O2. The van der Waals surface area contributed by atoms with Crippen molar-refractivity contribution in [2.75, 3.05) is 26.8 Å². The number of hydrogen-bond donors (Lipinski definition) is 2. The number of aliphatic carboxylic acids is 1. The molecule has 2 rings (SSSR count). The van der Waals surface area contributed by atoms with Crippen LogP contribution < -0.4 is 5.32 Å². The summed E-state index contributed by atoms with van der Waals surface area (Å²) in [4.78, 5) is 14.7. The van der Waals surface area contributed by atoms with Gasteiger partial charge >= 0.3 is 5.97 Å². The van der Waals surface area contributed by atoms with Crippen LogP contribution in [-0.2, 0) is 4.79 Å². The van der Waals surface area contributed by atoms with Gasteiger partial charge in [-0.25, -0.2) is 0 Å². The van der Waals surface area contributed by atoms with E-state index in [2.05, 4.69) is 41.5 Å². The van der Waals surface area contributed by atoms with Crippen LogP contribution in [0.1, 0.15) is 45.4 Å². The third kappa shape index (κ3) is 6.80. The van der Waals surface area contributed by atoms with Crippen LogP contribution in [-0.4, -0.2) is 53.7 Å². The van der Waals surface area contributed by atoms with Gasteiger partial charge in [0.1, 0.15) is 6.04 Å². The number of carbonyl (C=O) groups is 1. The number of nitrogens with zero attached hydrogens (tertiary/aromatic N) is 2. The quantitative estimate of drug-likeness (QED) is 0.731. The van der Waals surface area contributed by atoms with Crippen molar-refractivity contribution >= 4 is 5.97 Å². The SMILES string of the molecule is CCCCCCN1C=CN(C)C1.O=C(O)[C@@H]1CCCN1. The first-order chi connectivity index (χ1) is 9.63. The molecule has 116 valence electrons. The minimum absolute atomic E-state index is 0.269. The third-order valence-electron chi connectivity index (χ3n) is 3.59. The Balaban J connectivity index is 0.000000217. The molecule has 20 heavy (non-hydrogen) atoms. The largest absolute Gasteiger partial charge is 0.480 e. The zero-order valence-electron chi connectivity index (χ0n) is 12.8. The Kier molecular flexibility index (Phi) is 8.11. The van der Waals surface area contributed by atoms with Gasteiger partial charge in [-0.1, -0.05) is 26.2 Å². The molecule has 2 N–H and O–H groups in total. The standard InChI is InChI=1S/C10H20N2.C5H9NO2/c1-3-4-5-6-7-12-9-8-11(2)10-12;7-5(8)4-2-1-3-6-4/h8-9H,3-7,10H2,1-2H3;4,6H,1-3H2,(H,7,8)/t;4-/m.0/s1. The van der Waals surface area contributed by atoms with Crippen LogP contribution in [0.2, 0.25) is 0 Å². The summed E-state index contributed by atoms with van der Waals surface area (Å²) in [5, 5.41) is 11.2. The van der Waals surface area contributed by atoms with Crippen molar-refractivity contribution in [1.82, 2.24) is 15.1 Å². The zero-order chi connectivity index (χ0) is 14.8. The maximum atomic E-state index is 10.1. The second-order valence-electron chi connectivity index (χ2n) is 5.56. The molecule has 0 unspecified atom stereocenters. The van der Waals surface area contributed by atoms with Crippen molar-refractivity contribution in [3.05, 3.63) is 12.4 Å². The van der Waals surface area contributed by atoms with E-state index in [1.54, 1.807) is 0 Å². The summed E-state index contributed by atoms with van der Waals surface area (Å²) < 4.78 is 0. The van der Waals surface area contributed by atoms with E-state index in [1.165, 1.54) is 32.2 Å². The molecule has 0 bridgehead atoms. The van der Waals surface area contributed by atoms with Gasteiger partial charge in [-0.15, -0.1) is 0 Å². The molecule has 2 heterocycles. The fraction of sp³-hybridized carbons (Fsp3) is 0.800. The molecule has 0 spiro atoms. The average molecular weight is 283 g/mol. The van der Waals surface area contributed by atoms with E-state index >= 15 is 0 Å². The molecule has 5 heteroatoms. The molecular weight excluding hydrogens is 254 g/mol. The first-order valence-electron chi connectivity index (χ1n) is 7.72. The Hall–Kier alpha value is -1.23. The molecule has 0 radical (unpaired) electrons. The van der Waals surface area contributed by atoms with E-state index in [9.17, 15) is 4.79 Å². The molecule has 1 atom stereocenters. The number of carboxylic acids is 1. The summed E-state index contributed by atoms with van der Waals surface area (Å²) in [5.41, 5.74) is 0. The van der Waals surface area contributed by atoms with E-state index in [0.717, 1.165) is 26.1 Å². The second-order valence-corrected chi connectivity index (χ2v) is 5.56. The number of rotatable bonds is 6. The lowest BCUT2D eigenvalue weighted by atomic mass is 10.2. The van der Waals surface area contributed by atoms with E-state index in [-0.39, 0.29) is 6.04 Å². The Bertz CT molecular complexity index is 301. The minimum atomic E-state index is -0.720. The van der Waals surface area contributed by atoms with Crippen LogP contribution in [0, 0.1) is 0 Å². The fourth-order valence-electron chi connectivity index (χ4n) is 2.37. The van der Waals surface area contributed by atoms with Gasteiger partial charge in [0.15, 0.2) is 0 Å². The number of unbranched alkanes of at least 4 members (excludes halogenated alkanes) is 3. The van der Waals surface area contributed by atoms with E-state index in [1.807, 2.05) is 0 Å². The van der Waals surface area contributed by atoms with Gasteiger partial charge in [0.05, 0.1) is 6.67 Å². The van der Waals surface area contributed by atoms with Crippen LogP contribution in [0.25, 0.3) is 0 Å². The van der Waals surface area contributed by atoms with Crippen LogP contribution in [0.5, 0.6) is 0 Å². The van der Waals surface area contributed by atoms with Crippen molar-refractivity contribution in [2.45, 2.75) is 51.5 Å². The van der Waals surface area contributed by atoms with Crippen LogP contribution in [0.3, 0.4) is 0 Å². The fourth-order valence-corrected chi connectivity index (χ4v) is 2.37. The highest BCUT2D eigenvalue weighted by Crippen LogP contribution is 2.07. The Morgan fingerprint density at radius 2 is 2.15 bits per heavy atom. The molecule has 0 amide bonds. The Morgan fingerprint density at radius 3 is 2.60 bits per heavy atom. The topological polar surface area (TPSA) is 55.8 Å². The molecule has 0 aromatic heterocycles. The van der Waals surface area contributed by atoms with E-state index < -0.39 is 5.97 Å². The molecule has 0 aromatic rings. The molecule has 2 aliphatic heterocycles. The van der Waals surface area contributed by atoms with Crippen LogP contribution in [0.4, 0.5) is 0 Å². The number of hydrogen-bond acceptors (Lipinski definition) is 4. The number of nitrogens with one attached hydrogen (secondary N) is 1. The predicted molar refractivity (Wildman–Crippen MR) is 81.3 cm³/mol. The highest BCUT2D eigenvalue weighted by molar-refractivity contribution is 5.73. The van der Waals surface area contributed by atoms with Crippen molar-refractivity contribution in [1.29, 1.82) is 0 Å². The Morgan fingerprint density at radius 1 is 1.35 bits per heavy atom. The summed E-state index contributed by atoms with van der Waals surface area (Å²) in [6.07, 6.45) is 11.5. The lowest BCUT2D eigenvalue weighted by Gasteiger charge is -2.17. The second kappa shape index (κ2) is 9.64. The zero-order valence-corrected chi connectivity index (χ0v) is 12.8. The molecule has 0 aliphatic carbocycles. The normalized spacial score (nSPS) is 21.0. The van der Waals surface area contributed by atoms with Gasteiger partial charge < -0.3 is 20.2 Å². The Labute approximate surface area is 122 Å². The molecule has 0 saturated carbocycles. The van der Waals surface area contributed by atoms with E-state index in [0.29, 0.717) is 0 Å². The minimum Gasteiger partial charge on any atom is -0.480 e. The lowest BCUT2D eigenvalue weighted by Crippen LogP contribution is -2.29. The van der Waals surface area contributed by atoms with Gasteiger partial charge in [-0.2, -0.15) is 0 Å². The monoisotopic (exact) mass is 283 g/mol. The summed E-state index contributed by atoms with van der Waals surface area (Å²) in [6.45, 7) is 5.41. The van der Waals surface area contributed by atoms with Gasteiger partial charge in [0, 0.05) is 26.0 Å². The van der Waals surface area contributed by atoms with Gasteiger partial charge in [0.25, 0.3) is 0 Å². The number of carboxylic acid groups (broad SMARTS) is 1. The van der Waals surface area contributed by atoms with Crippen molar-refractivity contribution in [3.63, 3.8) is 0 Å². The molecule has 0 aromatic carbocycles. The maximum absolute atomic E-state index is 10.1. The van der Waals surface area contributed by atoms with Crippen molar-refractivity contribution < 1.29 is 9.90 Å². The summed E-state index contributed by atoms with van der Waals surface area (Å²) in [7, 11) is 2.11. The maximum Gasteiger partial charge on any atom is 0.320 e.